The van der Waals surface area contributed by atoms with E-state index in [9.17, 15) is 4.39 Å². The fraction of sp³-hybridized carbons (Fsp3) is 0.176. The maximum absolute atomic E-state index is 14.0. The van der Waals surface area contributed by atoms with Crippen molar-refractivity contribution < 1.29 is 13.9 Å². The lowest BCUT2D eigenvalue weighted by Gasteiger charge is -2.12. The molecule has 1 aromatic heterocycles. The molecule has 1 N–H and O–H groups in total. The Balaban J connectivity index is 0.00000208. The highest BCUT2D eigenvalue weighted by Crippen LogP contribution is 2.34. The van der Waals surface area contributed by atoms with Gasteiger partial charge in [-0.15, -0.1) is 12.4 Å². The first-order chi connectivity index (χ1) is 11.1. The topological polar surface area (TPSA) is 56.3 Å². The van der Waals surface area contributed by atoms with Crippen LogP contribution >= 0.6 is 12.4 Å². The number of fused-ring (bicyclic) bond motifs is 1. The molecule has 0 saturated carbocycles. The number of aryl methyl sites for hydroxylation is 1. The second kappa shape index (κ2) is 7.31. The molecule has 0 aliphatic carbocycles. The molecule has 3 rings (SSSR count). The van der Waals surface area contributed by atoms with Crippen LogP contribution in [0.5, 0.6) is 11.5 Å². The van der Waals surface area contributed by atoms with Gasteiger partial charge >= 0.3 is 0 Å². The number of nitrogens with one attached hydrogen (secondary N) is 1. The summed E-state index contributed by atoms with van der Waals surface area (Å²) < 4.78 is 24.6. The van der Waals surface area contributed by atoms with Gasteiger partial charge in [-0.25, -0.2) is 14.4 Å². The number of methoxy groups -OCH3 is 2. The molecule has 0 aliphatic heterocycles. The molecule has 5 nitrogen and oxygen atoms in total. The van der Waals surface area contributed by atoms with Crippen LogP contribution in [-0.4, -0.2) is 24.2 Å². The number of benzene rings is 2. The average molecular weight is 350 g/mol. The van der Waals surface area contributed by atoms with Gasteiger partial charge in [0.05, 0.1) is 25.4 Å². The Morgan fingerprint density at radius 1 is 1.00 bits per heavy atom. The van der Waals surface area contributed by atoms with Crippen LogP contribution in [-0.2, 0) is 0 Å². The Morgan fingerprint density at radius 2 is 1.71 bits per heavy atom. The number of anilines is 2. The zero-order chi connectivity index (χ0) is 16.4. The number of aromatic nitrogens is 2. The minimum absolute atomic E-state index is 0. The van der Waals surface area contributed by atoms with Crippen molar-refractivity contribution in [3.63, 3.8) is 0 Å². The molecule has 7 heteroatoms. The van der Waals surface area contributed by atoms with Crippen LogP contribution in [0.15, 0.2) is 36.7 Å². The molecular weight excluding hydrogens is 333 g/mol. The molecular formula is C17H17ClFN3O2. The van der Waals surface area contributed by atoms with Gasteiger partial charge < -0.3 is 14.8 Å². The van der Waals surface area contributed by atoms with Crippen LogP contribution < -0.4 is 14.8 Å². The third kappa shape index (κ3) is 3.33. The summed E-state index contributed by atoms with van der Waals surface area (Å²) >= 11 is 0. The summed E-state index contributed by atoms with van der Waals surface area (Å²) in [6, 6.07) is 8.50. The maximum atomic E-state index is 14.0. The number of halogens is 2. The summed E-state index contributed by atoms with van der Waals surface area (Å²) in [4.78, 5) is 8.43. The predicted octanol–water partition coefficient (Wildman–Crippen LogP) is 4.26. The van der Waals surface area contributed by atoms with Crippen molar-refractivity contribution in [1.29, 1.82) is 0 Å². The molecule has 2 aromatic carbocycles. The first-order valence-corrected chi connectivity index (χ1v) is 7.02. The van der Waals surface area contributed by atoms with E-state index < -0.39 is 0 Å². The van der Waals surface area contributed by atoms with Gasteiger partial charge in [-0.05, 0) is 30.7 Å². The summed E-state index contributed by atoms with van der Waals surface area (Å²) in [7, 11) is 3.12. The Morgan fingerprint density at radius 3 is 2.38 bits per heavy atom. The minimum Gasteiger partial charge on any atom is -0.493 e. The normalized spacial score (nSPS) is 10.2. The van der Waals surface area contributed by atoms with E-state index in [2.05, 4.69) is 15.3 Å². The number of rotatable bonds is 4. The van der Waals surface area contributed by atoms with E-state index in [4.69, 9.17) is 9.47 Å². The van der Waals surface area contributed by atoms with Gasteiger partial charge in [-0.2, -0.15) is 0 Å². The van der Waals surface area contributed by atoms with E-state index in [1.165, 1.54) is 12.4 Å². The maximum Gasteiger partial charge on any atom is 0.162 e. The van der Waals surface area contributed by atoms with Gasteiger partial charge in [0, 0.05) is 11.5 Å². The van der Waals surface area contributed by atoms with E-state index in [0.29, 0.717) is 33.9 Å². The highest BCUT2D eigenvalue weighted by molar-refractivity contribution is 5.93. The number of nitrogens with zero attached hydrogens (tertiary/aromatic N) is 2. The molecule has 0 fully saturated rings. The number of hydrogen-bond acceptors (Lipinski definition) is 5. The average Bonchev–Trinajstić information content (AvgIpc) is 2.56. The second-order valence-electron chi connectivity index (χ2n) is 5.05. The quantitative estimate of drug-likeness (QED) is 0.762. The smallest absolute Gasteiger partial charge is 0.162 e. The fourth-order valence-electron chi connectivity index (χ4n) is 2.33. The van der Waals surface area contributed by atoms with Crippen LogP contribution in [0.25, 0.3) is 10.9 Å². The molecule has 126 valence electrons. The molecule has 24 heavy (non-hydrogen) atoms. The lowest BCUT2D eigenvalue weighted by molar-refractivity contribution is 0.356. The fourth-order valence-corrected chi connectivity index (χ4v) is 2.33. The molecule has 0 aliphatic rings. The summed E-state index contributed by atoms with van der Waals surface area (Å²) in [5.74, 6) is 1.30. The van der Waals surface area contributed by atoms with Crippen LogP contribution in [0, 0.1) is 12.7 Å². The molecule has 3 aromatic rings. The van der Waals surface area contributed by atoms with E-state index >= 15 is 0 Å². The monoisotopic (exact) mass is 349 g/mol. The lowest BCUT2D eigenvalue weighted by Crippen LogP contribution is -1.99. The third-order valence-electron chi connectivity index (χ3n) is 3.52. The van der Waals surface area contributed by atoms with Crippen molar-refractivity contribution in [3.05, 3.63) is 48.0 Å². The zero-order valence-corrected chi connectivity index (χ0v) is 14.3. The lowest BCUT2D eigenvalue weighted by atomic mass is 10.2. The van der Waals surface area contributed by atoms with Gasteiger partial charge in [0.15, 0.2) is 11.5 Å². The largest absolute Gasteiger partial charge is 0.493 e. The van der Waals surface area contributed by atoms with Crippen molar-refractivity contribution >= 4 is 34.8 Å². The SMILES string of the molecule is COc1cc2ncnc(Nc3ccc(C)cc3F)c2cc1OC.Cl. The third-order valence-corrected chi connectivity index (χ3v) is 3.52. The van der Waals surface area contributed by atoms with Crippen molar-refractivity contribution in [2.24, 2.45) is 0 Å². The molecule has 0 unspecified atom stereocenters. The standard InChI is InChI=1S/C17H16FN3O2.ClH/c1-10-4-5-13(12(18)6-10)21-17-11-7-15(22-2)16(23-3)8-14(11)19-9-20-17;/h4-9H,1-3H3,(H,19,20,21);1H. The number of hydrogen-bond donors (Lipinski definition) is 1. The summed E-state index contributed by atoms with van der Waals surface area (Å²) in [5, 5.41) is 3.72. The van der Waals surface area contributed by atoms with Gasteiger partial charge in [-0.1, -0.05) is 6.07 Å². The number of ether oxygens (including phenoxy) is 2. The van der Waals surface area contributed by atoms with Crippen LogP contribution in [0.2, 0.25) is 0 Å². The first kappa shape index (κ1) is 17.7. The Kier molecular flexibility index (Phi) is 5.41. The van der Waals surface area contributed by atoms with E-state index in [-0.39, 0.29) is 18.2 Å². The molecule has 0 spiro atoms. The Labute approximate surface area is 145 Å². The van der Waals surface area contributed by atoms with E-state index in [0.717, 1.165) is 5.56 Å². The molecule has 0 atom stereocenters. The molecule has 0 amide bonds. The highest BCUT2D eigenvalue weighted by atomic mass is 35.5. The first-order valence-electron chi connectivity index (χ1n) is 7.02. The molecule has 0 bridgehead atoms. The Hall–Kier alpha value is -2.60. The summed E-state index contributed by atoms with van der Waals surface area (Å²) in [5.41, 5.74) is 1.88. The van der Waals surface area contributed by atoms with Crippen LogP contribution in [0.3, 0.4) is 0 Å². The van der Waals surface area contributed by atoms with Crippen molar-refractivity contribution in [1.82, 2.24) is 9.97 Å². The van der Waals surface area contributed by atoms with Crippen molar-refractivity contribution in [2.45, 2.75) is 6.92 Å². The Bertz CT molecular complexity index is 874. The van der Waals surface area contributed by atoms with Gasteiger partial charge in [0.25, 0.3) is 0 Å². The highest BCUT2D eigenvalue weighted by Gasteiger charge is 2.12. The zero-order valence-electron chi connectivity index (χ0n) is 13.5. The van der Waals surface area contributed by atoms with Crippen molar-refractivity contribution in [3.8, 4) is 11.5 Å². The molecule has 1 heterocycles. The predicted molar refractivity (Wildman–Crippen MR) is 94.3 cm³/mol. The van der Waals surface area contributed by atoms with E-state index in [1.807, 2.05) is 13.0 Å². The second-order valence-corrected chi connectivity index (χ2v) is 5.05. The minimum atomic E-state index is -0.336. The summed E-state index contributed by atoms with van der Waals surface area (Å²) in [6.45, 7) is 1.84. The van der Waals surface area contributed by atoms with Gasteiger partial charge in [0.2, 0.25) is 0 Å². The van der Waals surface area contributed by atoms with Gasteiger partial charge in [0.1, 0.15) is 18.0 Å². The van der Waals surface area contributed by atoms with Crippen LogP contribution in [0.1, 0.15) is 5.56 Å². The van der Waals surface area contributed by atoms with Gasteiger partial charge in [-0.3, -0.25) is 0 Å². The van der Waals surface area contributed by atoms with E-state index in [1.54, 1.807) is 32.4 Å². The molecule has 0 saturated heterocycles. The van der Waals surface area contributed by atoms with Crippen molar-refractivity contribution in [2.75, 3.05) is 19.5 Å². The summed E-state index contributed by atoms with van der Waals surface area (Å²) in [6.07, 6.45) is 1.42. The van der Waals surface area contributed by atoms with Crippen LogP contribution in [0.4, 0.5) is 15.9 Å². The molecule has 0 radical (unpaired) electrons.